The van der Waals surface area contributed by atoms with Gasteiger partial charge in [0.15, 0.2) is 0 Å². The third-order valence-corrected chi connectivity index (χ3v) is 3.63. The van der Waals surface area contributed by atoms with Crippen LogP contribution in [-0.2, 0) is 11.2 Å². The number of hydrogen-bond acceptors (Lipinski definition) is 3. The molecule has 1 aromatic carbocycles. The van der Waals surface area contributed by atoms with E-state index < -0.39 is 11.6 Å². The van der Waals surface area contributed by atoms with Crippen LogP contribution in [0.3, 0.4) is 0 Å². The second-order valence-corrected chi connectivity index (χ2v) is 7.04. The molecule has 0 radical (unpaired) electrons. The second-order valence-electron chi connectivity index (χ2n) is 6.25. The van der Waals surface area contributed by atoms with E-state index in [1.807, 2.05) is 32.0 Å². The zero-order valence-electron chi connectivity index (χ0n) is 13.6. The van der Waals surface area contributed by atoms with Gasteiger partial charge in [0.2, 0.25) is 0 Å². The molecule has 0 atom stereocenters. The van der Waals surface area contributed by atoms with Gasteiger partial charge in [-0.2, -0.15) is 0 Å². The molecule has 5 heteroatoms. The largest absolute Gasteiger partial charge is 0.481 e. The van der Waals surface area contributed by atoms with Crippen LogP contribution in [0, 0.1) is 13.8 Å². The van der Waals surface area contributed by atoms with E-state index in [2.05, 4.69) is 20.9 Å². The number of benzene rings is 1. The first-order valence-corrected chi connectivity index (χ1v) is 7.78. The molecule has 0 bridgehead atoms. The summed E-state index contributed by atoms with van der Waals surface area (Å²) in [5.41, 5.74) is 3.11. The van der Waals surface area contributed by atoms with Crippen LogP contribution in [0.1, 0.15) is 37.6 Å². The minimum atomic E-state index is -0.826. The Morgan fingerprint density at radius 2 is 1.82 bits per heavy atom. The van der Waals surface area contributed by atoms with Crippen molar-refractivity contribution >= 4 is 32.8 Å². The minimum Gasteiger partial charge on any atom is -0.481 e. The summed E-state index contributed by atoms with van der Waals surface area (Å²) < 4.78 is 0.836. The highest BCUT2D eigenvalue weighted by molar-refractivity contribution is 9.10. The number of pyridine rings is 1. The van der Waals surface area contributed by atoms with Crippen LogP contribution in [0.15, 0.2) is 22.7 Å². The van der Waals surface area contributed by atoms with Crippen molar-refractivity contribution in [2.24, 2.45) is 0 Å². The molecule has 0 saturated heterocycles. The lowest BCUT2D eigenvalue weighted by Crippen LogP contribution is -2.10. The Morgan fingerprint density at radius 3 is 2.32 bits per heavy atom. The van der Waals surface area contributed by atoms with Crippen molar-refractivity contribution in [1.29, 1.82) is 0 Å². The Morgan fingerprint density at radius 1 is 1.27 bits per heavy atom. The SMILES string of the molecule is CC(C)(C)O.Cc1ccc2c(Br)c(CC(=O)O)c(C)cc2n1. The first-order valence-electron chi connectivity index (χ1n) is 6.98. The fraction of sp³-hybridized carbons (Fsp3) is 0.412. The summed E-state index contributed by atoms with van der Waals surface area (Å²) in [7, 11) is 0. The zero-order valence-corrected chi connectivity index (χ0v) is 15.2. The standard InChI is InChI=1S/C13H12BrNO2.C4H10O/c1-7-5-11-9(4-3-8(2)15-11)13(14)10(7)6-12(16)17;1-4(2,3)5/h3-5H,6H2,1-2H3,(H,16,17);5H,1-3H3. The first-order chi connectivity index (χ1) is 9.99. The van der Waals surface area contributed by atoms with Crippen LogP contribution in [0.4, 0.5) is 0 Å². The molecule has 0 aliphatic rings. The maximum atomic E-state index is 10.8. The number of nitrogens with zero attached hydrogens (tertiary/aromatic N) is 1. The van der Waals surface area contributed by atoms with Gasteiger partial charge in [-0.25, -0.2) is 0 Å². The number of fused-ring (bicyclic) bond motifs is 1. The summed E-state index contributed by atoms with van der Waals surface area (Å²) in [6.07, 6.45) is 0.0240. The van der Waals surface area contributed by atoms with Gasteiger partial charge >= 0.3 is 5.97 Å². The lowest BCUT2D eigenvalue weighted by Gasteiger charge is -2.10. The molecule has 1 aromatic heterocycles. The molecule has 2 N–H and O–H groups in total. The second kappa shape index (κ2) is 7.20. The van der Waals surface area contributed by atoms with Crippen molar-refractivity contribution < 1.29 is 15.0 Å². The van der Waals surface area contributed by atoms with Crippen LogP contribution in [0.25, 0.3) is 10.9 Å². The molecule has 1 heterocycles. The number of carboxylic acids is 1. The molecular weight excluding hydrogens is 346 g/mol. The molecule has 0 aliphatic heterocycles. The molecule has 120 valence electrons. The quantitative estimate of drug-likeness (QED) is 0.840. The highest BCUT2D eigenvalue weighted by Crippen LogP contribution is 2.30. The Kier molecular flexibility index (Phi) is 6.08. The summed E-state index contributed by atoms with van der Waals surface area (Å²) in [5, 5.41) is 18.4. The molecule has 0 fully saturated rings. The number of aromatic nitrogens is 1. The molecule has 0 amide bonds. The first kappa shape index (κ1) is 18.6. The van der Waals surface area contributed by atoms with E-state index in [-0.39, 0.29) is 6.42 Å². The van der Waals surface area contributed by atoms with Crippen molar-refractivity contribution in [3.63, 3.8) is 0 Å². The Balaban J connectivity index is 0.000000422. The number of aliphatic hydroxyl groups is 1. The number of aryl methyl sites for hydroxylation is 2. The fourth-order valence-corrected chi connectivity index (χ4v) is 2.66. The van der Waals surface area contributed by atoms with Gasteiger partial charge in [0.05, 0.1) is 17.5 Å². The van der Waals surface area contributed by atoms with E-state index in [1.54, 1.807) is 20.8 Å². The van der Waals surface area contributed by atoms with E-state index in [1.165, 1.54) is 0 Å². The van der Waals surface area contributed by atoms with Crippen LogP contribution in [-0.4, -0.2) is 26.8 Å². The van der Waals surface area contributed by atoms with Gasteiger partial charge in [-0.3, -0.25) is 9.78 Å². The smallest absolute Gasteiger partial charge is 0.307 e. The van der Waals surface area contributed by atoms with Crippen LogP contribution in [0.2, 0.25) is 0 Å². The molecule has 0 aliphatic carbocycles. The summed E-state index contributed by atoms with van der Waals surface area (Å²) >= 11 is 3.48. The third kappa shape index (κ3) is 5.73. The average Bonchev–Trinajstić information content (AvgIpc) is 2.31. The predicted octanol–water partition coefficient (Wildman–Crippen LogP) is 4.02. The van der Waals surface area contributed by atoms with E-state index in [9.17, 15) is 4.79 Å². The summed E-state index contributed by atoms with van der Waals surface area (Å²) in [5.74, 6) is -0.826. The predicted molar refractivity (Wildman–Crippen MR) is 92.2 cm³/mol. The normalized spacial score (nSPS) is 11.0. The Bertz CT molecular complexity index is 684. The van der Waals surface area contributed by atoms with E-state index in [0.29, 0.717) is 0 Å². The highest BCUT2D eigenvalue weighted by Gasteiger charge is 2.12. The van der Waals surface area contributed by atoms with Crippen molar-refractivity contribution in [2.45, 2.75) is 46.6 Å². The third-order valence-electron chi connectivity index (χ3n) is 2.72. The molecule has 0 spiro atoms. The van der Waals surface area contributed by atoms with Gasteiger partial charge in [0, 0.05) is 15.6 Å². The monoisotopic (exact) mass is 367 g/mol. The maximum absolute atomic E-state index is 10.8. The molecule has 4 nitrogen and oxygen atoms in total. The topological polar surface area (TPSA) is 70.4 Å². The molecule has 0 saturated carbocycles. The lowest BCUT2D eigenvalue weighted by atomic mass is 10.0. The summed E-state index contributed by atoms with van der Waals surface area (Å²) in [6, 6.07) is 5.82. The number of carboxylic acid groups (broad SMARTS) is 1. The average molecular weight is 368 g/mol. The number of rotatable bonds is 2. The molecule has 2 rings (SSSR count). The van der Waals surface area contributed by atoms with Crippen LogP contribution >= 0.6 is 15.9 Å². The van der Waals surface area contributed by atoms with Crippen molar-refractivity contribution in [3.8, 4) is 0 Å². The van der Waals surface area contributed by atoms with Crippen LogP contribution < -0.4 is 0 Å². The number of aliphatic carboxylic acids is 1. The molecular formula is C17H22BrNO3. The van der Waals surface area contributed by atoms with E-state index in [0.717, 1.165) is 32.2 Å². The van der Waals surface area contributed by atoms with Gasteiger partial charge in [-0.1, -0.05) is 0 Å². The van der Waals surface area contributed by atoms with Gasteiger partial charge in [0.1, 0.15) is 0 Å². The lowest BCUT2D eigenvalue weighted by molar-refractivity contribution is -0.136. The number of carbonyl (C=O) groups is 1. The van der Waals surface area contributed by atoms with Crippen molar-refractivity contribution in [3.05, 3.63) is 39.5 Å². The van der Waals surface area contributed by atoms with Gasteiger partial charge < -0.3 is 10.2 Å². The molecule has 0 unspecified atom stereocenters. The molecule has 22 heavy (non-hydrogen) atoms. The van der Waals surface area contributed by atoms with Crippen molar-refractivity contribution in [2.75, 3.05) is 0 Å². The summed E-state index contributed by atoms with van der Waals surface area (Å²) in [6.45, 7) is 9.08. The minimum absolute atomic E-state index is 0.0240. The fourth-order valence-electron chi connectivity index (χ4n) is 1.87. The maximum Gasteiger partial charge on any atom is 0.307 e. The summed E-state index contributed by atoms with van der Waals surface area (Å²) in [4.78, 5) is 15.3. The highest BCUT2D eigenvalue weighted by atomic mass is 79.9. The van der Waals surface area contributed by atoms with Gasteiger partial charge in [-0.05, 0) is 79.9 Å². The zero-order chi connectivity index (χ0) is 17.1. The Hall–Kier alpha value is -1.46. The van der Waals surface area contributed by atoms with E-state index in [4.69, 9.17) is 10.2 Å². The van der Waals surface area contributed by atoms with Crippen LogP contribution in [0.5, 0.6) is 0 Å². The number of halogens is 1. The van der Waals surface area contributed by atoms with Crippen molar-refractivity contribution in [1.82, 2.24) is 4.98 Å². The number of hydrogen-bond donors (Lipinski definition) is 2. The molecule has 2 aromatic rings. The van der Waals surface area contributed by atoms with Gasteiger partial charge in [0.25, 0.3) is 0 Å². The Labute approximate surface area is 139 Å². The van der Waals surface area contributed by atoms with Gasteiger partial charge in [-0.15, -0.1) is 0 Å². The van der Waals surface area contributed by atoms with E-state index >= 15 is 0 Å².